The van der Waals surface area contributed by atoms with Gasteiger partial charge in [-0.3, -0.25) is 9.69 Å². The van der Waals surface area contributed by atoms with E-state index in [0.29, 0.717) is 13.0 Å². The predicted octanol–water partition coefficient (Wildman–Crippen LogP) is 2.49. The molecule has 1 aliphatic heterocycles. The number of ether oxygens (including phenoxy) is 1. The molecule has 1 aromatic carbocycles. The third-order valence-corrected chi connectivity index (χ3v) is 4.33. The van der Waals surface area contributed by atoms with Crippen LogP contribution in [0.25, 0.3) is 0 Å². The summed E-state index contributed by atoms with van der Waals surface area (Å²) in [6.07, 6.45) is 1.39. The molecule has 0 aliphatic carbocycles. The van der Waals surface area contributed by atoms with Crippen LogP contribution in [0.5, 0.6) is 5.75 Å². The van der Waals surface area contributed by atoms with E-state index in [9.17, 15) is 4.79 Å². The number of aromatic nitrogens is 1. The van der Waals surface area contributed by atoms with E-state index in [1.54, 1.807) is 0 Å². The first-order valence-corrected chi connectivity index (χ1v) is 8.81. The van der Waals surface area contributed by atoms with Crippen LogP contribution in [0.15, 0.2) is 40.9 Å². The number of rotatable bonds is 6. The molecule has 1 amide bonds. The van der Waals surface area contributed by atoms with Crippen molar-refractivity contribution in [3.05, 3.63) is 47.9 Å². The Labute approximate surface area is 148 Å². The maximum atomic E-state index is 12.4. The maximum absolute atomic E-state index is 12.4. The third-order valence-electron chi connectivity index (χ3n) is 4.33. The van der Waals surface area contributed by atoms with Crippen molar-refractivity contribution >= 4 is 5.91 Å². The molecule has 6 heteroatoms. The topological polar surface area (TPSA) is 58.8 Å². The normalized spacial score (nSPS) is 15.8. The van der Waals surface area contributed by atoms with Gasteiger partial charge in [0, 0.05) is 38.8 Å². The Morgan fingerprint density at radius 3 is 2.80 bits per heavy atom. The molecule has 0 unspecified atom stereocenters. The van der Waals surface area contributed by atoms with Crippen LogP contribution in [0.2, 0.25) is 0 Å². The van der Waals surface area contributed by atoms with Gasteiger partial charge >= 0.3 is 0 Å². The van der Waals surface area contributed by atoms with Crippen LogP contribution in [0.4, 0.5) is 0 Å². The number of carbonyl (C=O) groups is 1. The molecule has 2 aromatic rings. The number of hydrogen-bond donors (Lipinski definition) is 0. The van der Waals surface area contributed by atoms with Gasteiger partial charge in [0.05, 0.1) is 18.7 Å². The molecule has 0 bridgehead atoms. The van der Waals surface area contributed by atoms with Crippen LogP contribution < -0.4 is 4.74 Å². The first-order chi connectivity index (χ1) is 12.2. The van der Waals surface area contributed by atoms with Gasteiger partial charge in [0.1, 0.15) is 11.5 Å². The van der Waals surface area contributed by atoms with Crippen LogP contribution in [0, 0.1) is 6.92 Å². The molecular formula is C19H25N3O3. The van der Waals surface area contributed by atoms with E-state index in [4.69, 9.17) is 9.26 Å². The fourth-order valence-corrected chi connectivity index (χ4v) is 3.03. The van der Waals surface area contributed by atoms with Crippen molar-refractivity contribution < 1.29 is 14.1 Å². The Balaban J connectivity index is 1.41. The largest absolute Gasteiger partial charge is 0.493 e. The van der Waals surface area contributed by atoms with Crippen molar-refractivity contribution in [1.29, 1.82) is 0 Å². The summed E-state index contributed by atoms with van der Waals surface area (Å²) in [6, 6.07) is 11.6. The lowest BCUT2D eigenvalue weighted by Crippen LogP contribution is -2.35. The lowest BCUT2D eigenvalue weighted by atomic mass is 10.3. The van der Waals surface area contributed by atoms with Gasteiger partial charge in [-0.1, -0.05) is 23.4 Å². The van der Waals surface area contributed by atoms with Crippen LogP contribution in [-0.2, 0) is 11.3 Å². The second kappa shape index (κ2) is 8.67. The number of nitrogens with zero attached hydrogens (tertiary/aromatic N) is 3. The van der Waals surface area contributed by atoms with Crippen molar-refractivity contribution in [3.63, 3.8) is 0 Å². The van der Waals surface area contributed by atoms with E-state index in [0.717, 1.165) is 56.3 Å². The summed E-state index contributed by atoms with van der Waals surface area (Å²) in [6.45, 7) is 6.47. The van der Waals surface area contributed by atoms with Gasteiger partial charge in [0.25, 0.3) is 0 Å². The van der Waals surface area contributed by atoms with Crippen LogP contribution in [0.1, 0.15) is 24.3 Å². The highest BCUT2D eigenvalue weighted by molar-refractivity contribution is 5.76. The minimum atomic E-state index is 0.162. The number of para-hydroxylation sites is 1. The van der Waals surface area contributed by atoms with Crippen molar-refractivity contribution in [2.75, 3.05) is 32.8 Å². The zero-order valence-electron chi connectivity index (χ0n) is 14.7. The van der Waals surface area contributed by atoms with Gasteiger partial charge in [-0.2, -0.15) is 0 Å². The summed E-state index contributed by atoms with van der Waals surface area (Å²) in [7, 11) is 0. The van der Waals surface area contributed by atoms with Crippen molar-refractivity contribution in [3.8, 4) is 5.75 Å². The zero-order valence-corrected chi connectivity index (χ0v) is 14.7. The van der Waals surface area contributed by atoms with Crippen molar-refractivity contribution in [2.24, 2.45) is 0 Å². The third kappa shape index (κ3) is 5.32. The van der Waals surface area contributed by atoms with E-state index in [1.807, 2.05) is 48.2 Å². The number of amides is 1. The minimum absolute atomic E-state index is 0.162. The van der Waals surface area contributed by atoms with Crippen LogP contribution in [-0.4, -0.2) is 53.6 Å². The Hall–Kier alpha value is -2.34. The molecule has 2 heterocycles. The first kappa shape index (κ1) is 17.5. The van der Waals surface area contributed by atoms with E-state index in [-0.39, 0.29) is 5.91 Å². The highest BCUT2D eigenvalue weighted by Gasteiger charge is 2.19. The molecular weight excluding hydrogens is 318 g/mol. The van der Waals surface area contributed by atoms with Crippen molar-refractivity contribution in [1.82, 2.24) is 15.0 Å². The lowest BCUT2D eigenvalue weighted by molar-refractivity contribution is -0.131. The summed E-state index contributed by atoms with van der Waals surface area (Å²) in [5.41, 5.74) is 0.952. The molecule has 25 heavy (non-hydrogen) atoms. The lowest BCUT2D eigenvalue weighted by Gasteiger charge is -2.21. The Morgan fingerprint density at radius 1 is 1.20 bits per heavy atom. The highest BCUT2D eigenvalue weighted by atomic mass is 16.5. The van der Waals surface area contributed by atoms with Crippen molar-refractivity contribution in [2.45, 2.75) is 26.3 Å². The summed E-state index contributed by atoms with van der Waals surface area (Å²) in [5.74, 6) is 1.80. The maximum Gasteiger partial charge on any atom is 0.226 e. The molecule has 0 spiro atoms. The highest BCUT2D eigenvalue weighted by Crippen LogP contribution is 2.12. The van der Waals surface area contributed by atoms with E-state index < -0.39 is 0 Å². The molecule has 0 N–H and O–H groups in total. The summed E-state index contributed by atoms with van der Waals surface area (Å²) < 4.78 is 10.7. The van der Waals surface area contributed by atoms with Gasteiger partial charge in [-0.05, 0) is 25.5 Å². The summed E-state index contributed by atoms with van der Waals surface area (Å²) in [4.78, 5) is 16.7. The van der Waals surface area contributed by atoms with E-state index in [2.05, 4.69) is 10.1 Å². The van der Waals surface area contributed by atoms with E-state index >= 15 is 0 Å². The minimum Gasteiger partial charge on any atom is -0.493 e. The van der Waals surface area contributed by atoms with Gasteiger partial charge < -0.3 is 14.2 Å². The second-order valence-electron chi connectivity index (χ2n) is 6.35. The van der Waals surface area contributed by atoms with E-state index in [1.165, 1.54) is 0 Å². The molecule has 1 aliphatic rings. The number of hydrogen-bond acceptors (Lipinski definition) is 5. The molecule has 1 saturated heterocycles. The molecule has 1 fully saturated rings. The van der Waals surface area contributed by atoms with Crippen LogP contribution >= 0.6 is 0 Å². The molecule has 0 saturated carbocycles. The first-order valence-electron chi connectivity index (χ1n) is 8.81. The van der Waals surface area contributed by atoms with Gasteiger partial charge in [0.15, 0.2) is 0 Å². The number of aryl methyl sites for hydroxylation is 1. The number of carbonyl (C=O) groups excluding carboxylic acids is 1. The second-order valence-corrected chi connectivity index (χ2v) is 6.35. The molecule has 0 radical (unpaired) electrons. The molecule has 3 rings (SSSR count). The molecule has 0 atom stereocenters. The van der Waals surface area contributed by atoms with Gasteiger partial charge in [-0.15, -0.1) is 0 Å². The average Bonchev–Trinajstić information content (AvgIpc) is 2.89. The summed E-state index contributed by atoms with van der Waals surface area (Å²) >= 11 is 0. The Kier molecular flexibility index (Phi) is 6.06. The fourth-order valence-electron chi connectivity index (χ4n) is 3.03. The SMILES string of the molecule is Cc1cc(CN2CCCN(C(=O)CCOc3ccccc3)CC2)no1. The fraction of sp³-hybridized carbons (Fsp3) is 0.474. The predicted molar refractivity (Wildman–Crippen MR) is 94.3 cm³/mol. The Bertz CT molecular complexity index is 672. The van der Waals surface area contributed by atoms with Gasteiger partial charge in [0.2, 0.25) is 5.91 Å². The average molecular weight is 343 g/mol. The smallest absolute Gasteiger partial charge is 0.226 e. The van der Waals surface area contributed by atoms with Crippen LogP contribution in [0.3, 0.4) is 0 Å². The monoisotopic (exact) mass is 343 g/mol. The Morgan fingerprint density at radius 2 is 2.04 bits per heavy atom. The zero-order chi connectivity index (χ0) is 17.5. The quantitative estimate of drug-likeness (QED) is 0.806. The summed E-state index contributed by atoms with van der Waals surface area (Å²) in [5, 5.41) is 4.05. The molecule has 6 nitrogen and oxygen atoms in total. The molecule has 134 valence electrons. The van der Waals surface area contributed by atoms with Gasteiger partial charge in [-0.25, -0.2) is 0 Å². The molecule has 1 aromatic heterocycles. The standard InChI is InChI=1S/C19H25N3O3/c1-16-14-17(20-25-16)15-21-9-5-10-22(12-11-21)19(23)8-13-24-18-6-3-2-4-7-18/h2-4,6-7,14H,5,8-13,15H2,1H3. The number of benzene rings is 1.